The molecule has 2 aromatic rings. The molecule has 2 aromatic heterocycles. The molecule has 0 saturated heterocycles. The Morgan fingerprint density at radius 1 is 1.20 bits per heavy atom. The Morgan fingerprint density at radius 3 is 2.55 bits per heavy atom. The van der Waals surface area contributed by atoms with E-state index in [0.29, 0.717) is 18.3 Å². The fraction of sp³-hybridized carbons (Fsp3) is 0.0714. The predicted molar refractivity (Wildman–Crippen MR) is 69.0 cm³/mol. The van der Waals surface area contributed by atoms with E-state index < -0.39 is 17.5 Å². The van der Waals surface area contributed by atoms with Crippen molar-refractivity contribution < 1.29 is 24.2 Å². The number of carboxylic acids is 1. The van der Waals surface area contributed by atoms with E-state index in [-0.39, 0.29) is 5.56 Å². The molecular formula is C14H11NO5. The Morgan fingerprint density at radius 2 is 1.90 bits per heavy atom. The van der Waals surface area contributed by atoms with E-state index in [1.807, 2.05) is 0 Å². The first kappa shape index (κ1) is 13.5. The van der Waals surface area contributed by atoms with Crippen LogP contribution in [0.3, 0.4) is 0 Å². The van der Waals surface area contributed by atoms with Gasteiger partial charge in [0.25, 0.3) is 5.78 Å². The molecule has 6 nitrogen and oxygen atoms in total. The highest BCUT2D eigenvalue weighted by molar-refractivity contribution is 6.38. The summed E-state index contributed by atoms with van der Waals surface area (Å²) >= 11 is 0. The highest BCUT2D eigenvalue weighted by atomic mass is 16.4. The second-order valence-corrected chi connectivity index (χ2v) is 3.99. The fourth-order valence-corrected chi connectivity index (χ4v) is 1.66. The smallest absolute Gasteiger partial charge is 0.376 e. The number of aliphatic hydroxyl groups excluding tert-OH is 1. The lowest BCUT2D eigenvalue weighted by molar-refractivity contribution is -0.146. The van der Waals surface area contributed by atoms with Crippen LogP contribution in [0.4, 0.5) is 0 Å². The standard InChI is InChI=1S/C14H11NO5/c16-11(8-12(17)14(18)19)10-3-6-20-13(10)7-9-1-4-15-5-2-9/h1-6,8,16H,7H2,(H,18,19). The van der Waals surface area contributed by atoms with E-state index in [1.165, 1.54) is 12.3 Å². The first-order chi connectivity index (χ1) is 9.58. The second-order valence-electron chi connectivity index (χ2n) is 3.99. The molecule has 2 N–H and O–H groups in total. The first-order valence-corrected chi connectivity index (χ1v) is 5.71. The van der Waals surface area contributed by atoms with Gasteiger partial charge in [0.05, 0.1) is 11.8 Å². The molecule has 0 atom stereocenters. The summed E-state index contributed by atoms with van der Waals surface area (Å²) in [4.78, 5) is 25.4. The molecule has 0 spiro atoms. The number of hydrogen-bond donors (Lipinski definition) is 2. The maximum absolute atomic E-state index is 11.0. The molecule has 0 radical (unpaired) electrons. The maximum Gasteiger partial charge on any atom is 0.376 e. The van der Waals surface area contributed by atoms with Crippen LogP contribution in [0.2, 0.25) is 0 Å². The third-order valence-corrected chi connectivity index (χ3v) is 2.61. The van der Waals surface area contributed by atoms with Crippen molar-refractivity contribution in [2.75, 3.05) is 0 Å². The SMILES string of the molecule is O=C(O)C(=O)C=C(O)c1ccoc1Cc1ccncc1. The zero-order chi connectivity index (χ0) is 14.5. The number of aliphatic hydroxyl groups is 1. The third-order valence-electron chi connectivity index (χ3n) is 2.61. The molecule has 0 saturated carbocycles. The van der Waals surface area contributed by atoms with Gasteiger partial charge in [-0.05, 0) is 23.8 Å². The highest BCUT2D eigenvalue weighted by Crippen LogP contribution is 2.21. The Bertz CT molecular complexity index is 657. The van der Waals surface area contributed by atoms with E-state index in [4.69, 9.17) is 9.52 Å². The number of carboxylic acid groups (broad SMARTS) is 1. The minimum atomic E-state index is -1.63. The van der Waals surface area contributed by atoms with Gasteiger partial charge in [0.1, 0.15) is 11.5 Å². The quantitative estimate of drug-likeness (QED) is 0.489. The number of pyridine rings is 1. The van der Waals surface area contributed by atoms with Gasteiger partial charge in [-0.25, -0.2) is 4.79 Å². The lowest BCUT2D eigenvalue weighted by Crippen LogP contribution is -2.09. The van der Waals surface area contributed by atoms with Gasteiger partial charge in [-0.1, -0.05) is 0 Å². The maximum atomic E-state index is 11.0. The van der Waals surface area contributed by atoms with Gasteiger partial charge in [-0.2, -0.15) is 0 Å². The lowest BCUT2D eigenvalue weighted by Gasteiger charge is -2.02. The van der Waals surface area contributed by atoms with Gasteiger partial charge in [0.15, 0.2) is 0 Å². The lowest BCUT2D eigenvalue weighted by atomic mass is 10.1. The largest absolute Gasteiger partial charge is 0.507 e. The normalized spacial score (nSPS) is 11.3. The van der Waals surface area contributed by atoms with E-state index in [0.717, 1.165) is 5.56 Å². The van der Waals surface area contributed by atoms with E-state index >= 15 is 0 Å². The molecule has 2 rings (SSSR count). The molecule has 20 heavy (non-hydrogen) atoms. The number of rotatable bonds is 5. The Kier molecular flexibility index (Phi) is 3.95. The van der Waals surface area contributed by atoms with Gasteiger partial charge >= 0.3 is 5.97 Å². The summed E-state index contributed by atoms with van der Waals surface area (Å²) < 4.78 is 5.25. The summed E-state index contributed by atoms with van der Waals surface area (Å²) in [5, 5.41) is 18.3. The number of furan rings is 1. The molecule has 0 bridgehead atoms. The molecule has 0 aliphatic rings. The summed E-state index contributed by atoms with van der Waals surface area (Å²) in [6.45, 7) is 0. The first-order valence-electron chi connectivity index (χ1n) is 5.71. The summed E-state index contributed by atoms with van der Waals surface area (Å²) in [7, 11) is 0. The molecule has 0 aromatic carbocycles. The van der Waals surface area contributed by atoms with Crippen LogP contribution in [0.25, 0.3) is 5.76 Å². The van der Waals surface area contributed by atoms with E-state index in [9.17, 15) is 14.7 Å². The van der Waals surface area contributed by atoms with Crippen molar-refractivity contribution in [1.29, 1.82) is 0 Å². The van der Waals surface area contributed by atoms with Crippen LogP contribution in [-0.4, -0.2) is 26.9 Å². The number of carbonyl (C=O) groups is 2. The van der Waals surface area contributed by atoms with Crippen molar-refractivity contribution in [3.05, 3.63) is 59.8 Å². The molecule has 0 aliphatic heterocycles. The average molecular weight is 273 g/mol. The van der Waals surface area contributed by atoms with E-state index in [2.05, 4.69) is 4.98 Å². The van der Waals surface area contributed by atoms with Crippen LogP contribution >= 0.6 is 0 Å². The number of aromatic nitrogens is 1. The van der Waals surface area contributed by atoms with Gasteiger partial charge < -0.3 is 14.6 Å². The fourth-order valence-electron chi connectivity index (χ4n) is 1.66. The minimum absolute atomic E-state index is 0.288. The number of aliphatic carboxylic acids is 1. The molecule has 0 unspecified atom stereocenters. The number of nitrogens with zero attached hydrogens (tertiary/aromatic N) is 1. The van der Waals surface area contributed by atoms with Crippen LogP contribution in [0.1, 0.15) is 16.9 Å². The Balaban J connectivity index is 2.25. The van der Waals surface area contributed by atoms with Crippen LogP contribution in [0, 0.1) is 0 Å². The predicted octanol–water partition coefficient (Wildman–Crippen LogP) is 1.82. The zero-order valence-corrected chi connectivity index (χ0v) is 10.3. The zero-order valence-electron chi connectivity index (χ0n) is 10.3. The van der Waals surface area contributed by atoms with Crippen molar-refractivity contribution in [3.63, 3.8) is 0 Å². The monoisotopic (exact) mass is 273 g/mol. The van der Waals surface area contributed by atoms with Gasteiger partial charge in [-0.15, -0.1) is 0 Å². The summed E-state index contributed by atoms with van der Waals surface area (Å²) in [5.41, 5.74) is 1.20. The molecule has 2 heterocycles. The molecule has 102 valence electrons. The summed E-state index contributed by atoms with van der Waals surface area (Å²) in [6, 6.07) is 5.04. The van der Waals surface area contributed by atoms with Crippen molar-refractivity contribution in [1.82, 2.24) is 4.98 Å². The van der Waals surface area contributed by atoms with Gasteiger partial charge in [0.2, 0.25) is 0 Å². The summed E-state index contributed by atoms with van der Waals surface area (Å²) in [5.74, 6) is -2.83. The van der Waals surface area contributed by atoms with Crippen molar-refractivity contribution >= 4 is 17.5 Å². The molecule has 6 heteroatoms. The molecule has 0 amide bonds. The minimum Gasteiger partial charge on any atom is -0.507 e. The molecule has 0 fully saturated rings. The van der Waals surface area contributed by atoms with Gasteiger partial charge in [0, 0.05) is 24.9 Å². The Labute approximate surface area is 114 Å². The third kappa shape index (κ3) is 3.11. The molecule has 0 aliphatic carbocycles. The van der Waals surface area contributed by atoms with Crippen molar-refractivity contribution in [3.8, 4) is 0 Å². The number of carbonyl (C=O) groups excluding carboxylic acids is 1. The second kappa shape index (κ2) is 5.83. The highest BCUT2D eigenvalue weighted by Gasteiger charge is 2.15. The number of hydrogen-bond acceptors (Lipinski definition) is 5. The van der Waals surface area contributed by atoms with Crippen LogP contribution in [0.15, 0.2) is 47.3 Å². The average Bonchev–Trinajstić information content (AvgIpc) is 2.88. The molecular weight excluding hydrogens is 262 g/mol. The number of ketones is 1. The topological polar surface area (TPSA) is 101 Å². The summed E-state index contributed by atoms with van der Waals surface area (Å²) in [6.07, 6.45) is 5.66. The van der Waals surface area contributed by atoms with Gasteiger partial charge in [-0.3, -0.25) is 9.78 Å². The van der Waals surface area contributed by atoms with Crippen LogP contribution in [0.5, 0.6) is 0 Å². The Hall–Kier alpha value is -2.89. The van der Waals surface area contributed by atoms with Crippen molar-refractivity contribution in [2.45, 2.75) is 6.42 Å². The van der Waals surface area contributed by atoms with Crippen LogP contribution < -0.4 is 0 Å². The van der Waals surface area contributed by atoms with Crippen molar-refractivity contribution in [2.24, 2.45) is 0 Å². The van der Waals surface area contributed by atoms with Crippen LogP contribution in [-0.2, 0) is 16.0 Å². The van der Waals surface area contributed by atoms with E-state index in [1.54, 1.807) is 24.5 Å².